The molecule has 4 nitrogen and oxygen atoms in total. The van der Waals surface area contributed by atoms with Crippen LogP contribution in [0.25, 0.3) is 6.08 Å². The lowest BCUT2D eigenvalue weighted by Crippen LogP contribution is -2.24. The first-order chi connectivity index (χ1) is 12.0. The average molecular weight is 355 g/mol. The molecule has 0 saturated carbocycles. The highest BCUT2D eigenvalue weighted by molar-refractivity contribution is 6.35. The number of hydrogen-bond donors (Lipinski definition) is 1. The summed E-state index contributed by atoms with van der Waals surface area (Å²) < 4.78 is 5.41. The summed E-state index contributed by atoms with van der Waals surface area (Å²) in [4.78, 5) is 16.7. The molecule has 1 N–H and O–H groups in total. The summed E-state index contributed by atoms with van der Waals surface area (Å²) in [5, 5.41) is 3.32. The Hall–Kier alpha value is -2.59. The third-order valence-corrected chi connectivity index (χ3v) is 4.37. The molecule has 0 saturated heterocycles. The SMILES string of the molecule is COc1ccc(C(C)C)cc1/C=C1\N=C(c2ccccc2Cl)NC1=O. The highest BCUT2D eigenvalue weighted by atomic mass is 35.5. The Morgan fingerprint density at radius 3 is 2.64 bits per heavy atom. The molecule has 0 fully saturated rings. The van der Waals surface area contributed by atoms with Crippen molar-refractivity contribution in [2.45, 2.75) is 19.8 Å². The number of amides is 1. The molecule has 3 rings (SSSR count). The first-order valence-corrected chi connectivity index (χ1v) is 8.42. The van der Waals surface area contributed by atoms with E-state index in [4.69, 9.17) is 16.3 Å². The van der Waals surface area contributed by atoms with Crippen LogP contribution in [-0.2, 0) is 4.79 Å². The van der Waals surface area contributed by atoms with E-state index in [2.05, 4.69) is 24.2 Å². The Morgan fingerprint density at radius 2 is 1.96 bits per heavy atom. The number of halogens is 1. The standard InChI is InChI=1S/C20H19ClN2O2/c1-12(2)13-8-9-18(25-3)14(10-13)11-17-20(24)23-19(22-17)15-6-4-5-7-16(15)21/h4-12H,1-3H3,(H,22,23,24)/b17-11-. The average Bonchev–Trinajstić information content (AvgIpc) is 2.95. The van der Waals surface area contributed by atoms with Crippen LogP contribution in [0.1, 0.15) is 36.5 Å². The van der Waals surface area contributed by atoms with Crippen molar-refractivity contribution in [3.05, 3.63) is 69.9 Å². The third-order valence-electron chi connectivity index (χ3n) is 4.04. The van der Waals surface area contributed by atoms with Crippen molar-refractivity contribution in [3.8, 4) is 5.75 Å². The van der Waals surface area contributed by atoms with E-state index in [1.165, 1.54) is 5.56 Å². The van der Waals surface area contributed by atoms with Gasteiger partial charge in [-0.25, -0.2) is 4.99 Å². The summed E-state index contributed by atoms with van der Waals surface area (Å²) in [6, 6.07) is 13.2. The lowest BCUT2D eigenvalue weighted by Gasteiger charge is -2.10. The lowest BCUT2D eigenvalue weighted by atomic mass is 10.00. The fourth-order valence-electron chi connectivity index (χ4n) is 2.62. The molecule has 0 unspecified atom stereocenters. The predicted octanol–water partition coefficient (Wildman–Crippen LogP) is 4.39. The molecular weight excluding hydrogens is 336 g/mol. The number of hydrogen-bond acceptors (Lipinski definition) is 3. The first-order valence-electron chi connectivity index (χ1n) is 8.04. The Morgan fingerprint density at radius 1 is 1.20 bits per heavy atom. The summed E-state index contributed by atoms with van der Waals surface area (Å²) in [5.41, 5.74) is 3.02. The number of nitrogens with zero attached hydrogens (tertiary/aromatic N) is 1. The second-order valence-corrected chi connectivity index (χ2v) is 6.49. The molecular formula is C20H19ClN2O2. The smallest absolute Gasteiger partial charge is 0.275 e. The van der Waals surface area contributed by atoms with Crippen molar-refractivity contribution in [2.24, 2.45) is 4.99 Å². The van der Waals surface area contributed by atoms with Gasteiger partial charge in [0.25, 0.3) is 5.91 Å². The Labute approximate surface area is 152 Å². The maximum absolute atomic E-state index is 12.3. The minimum Gasteiger partial charge on any atom is -0.496 e. The quantitative estimate of drug-likeness (QED) is 0.828. The summed E-state index contributed by atoms with van der Waals surface area (Å²) >= 11 is 6.19. The van der Waals surface area contributed by atoms with E-state index in [1.807, 2.05) is 36.4 Å². The molecule has 1 aliphatic rings. The van der Waals surface area contributed by atoms with Crippen molar-refractivity contribution in [1.29, 1.82) is 0 Å². The van der Waals surface area contributed by atoms with Gasteiger partial charge in [0, 0.05) is 11.1 Å². The van der Waals surface area contributed by atoms with E-state index in [0.29, 0.717) is 33.8 Å². The highest BCUT2D eigenvalue weighted by Crippen LogP contribution is 2.27. The number of amidine groups is 1. The van der Waals surface area contributed by atoms with Gasteiger partial charge in [-0.15, -0.1) is 0 Å². The zero-order valence-corrected chi connectivity index (χ0v) is 15.1. The van der Waals surface area contributed by atoms with Gasteiger partial charge < -0.3 is 10.1 Å². The van der Waals surface area contributed by atoms with Gasteiger partial charge in [-0.1, -0.05) is 43.6 Å². The Balaban J connectivity index is 2.03. The van der Waals surface area contributed by atoms with Gasteiger partial charge in [0.1, 0.15) is 17.3 Å². The van der Waals surface area contributed by atoms with E-state index >= 15 is 0 Å². The van der Waals surface area contributed by atoms with E-state index < -0.39 is 0 Å². The molecule has 128 valence electrons. The van der Waals surface area contributed by atoms with Crippen LogP contribution in [0.5, 0.6) is 5.75 Å². The zero-order chi connectivity index (χ0) is 18.0. The molecule has 2 aromatic carbocycles. The van der Waals surface area contributed by atoms with Crippen LogP contribution in [0.3, 0.4) is 0 Å². The number of nitrogens with one attached hydrogen (secondary N) is 1. The van der Waals surface area contributed by atoms with Gasteiger partial charge in [0.15, 0.2) is 0 Å². The van der Waals surface area contributed by atoms with E-state index in [1.54, 1.807) is 19.3 Å². The number of carbonyl (C=O) groups excluding carboxylic acids is 1. The first kappa shape index (κ1) is 17.2. The maximum Gasteiger partial charge on any atom is 0.275 e. The third kappa shape index (κ3) is 3.59. The zero-order valence-electron chi connectivity index (χ0n) is 14.3. The number of methoxy groups -OCH3 is 1. The Bertz CT molecular complexity index is 885. The fraction of sp³-hybridized carbons (Fsp3) is 0.200. The molecule has 1 amide bonds. The summed E-state index contributed by atoms with van der Waals surface area (Å²) in [7, 11) is 1.61. The van der Waals surface area contributed by atoms with Crippen LogP contribution < -0.4 is 10.1 Å². The topological polar surface area (TPSA) is 50.7 Å². The van der Waals surface area contributed by atoms with Crippen molar-refractivity contribution in [2.75, 3.05) is 7.11 Å². The fourth-order valence-corrected chi connectivity index (χ4v) is 2.85. The molecule has 0 aromatic heterocycles. The molecule has 5 heteroatoms. The number of carbonyl (C=O) groups is 1. The number of benzene rings is 2. The van der Waals surface area contributed by atoms with Crippen LogP contribution in [0.2, 0.25) is 5.02 Å². The second-order valence-electron chi connectivity index (χ2n) is 6.08. The molecule has 1 heterocycles. The van der Waals surface area contributed by atoms with Gasteiger partial charge in [-0.05, 0) is 41.8 Å². The van der Waals surface area contributed by atoms with Crippen LogP contribution >= 0.6 is 11.6 Å². The van der Waals surface area contributed by atoms with Crippen LogP contribution in [-0.4, -0.2) is 18.9 Å². The van der Waals surface area contributed by atoms with Crippen LogP contribution in [0.4, 0.5) is 0 Å². The van der Waals surface area contributed by atoms with Crippen LogP contribution in [0.15, 0.2) is 53.2 Å². The monoisotopic (exact) mass is 354 g/mol. The molecule has 2 aromatic rings. The molecule has 0 aliphatic carbocycles. The predicted molar refractivity (Wildman–Crippen MR) is 101 cm³/mol. The lowest BCUT2D eigenvalue weighted by molar-refractivity contribution is -0.115. The number of aliphatic imine (C=N–C) groups is 1. The highest BCUT2D eigenvalue weighted by Gasteiger charge is 2.23. The molecule has 25 heavy (non-hydrogen) atoms. The summed E-state index contributed by atoms with van der Waals surface area (Å²) in [5.74, 6) is 1.28. The number of ether oxygens (including phenoxy) is 1. The number of rotatable bonds is 4. The molecule has 1 aliphatic heterocycles. The molecule has 0 bridgehead atoms. The largest absolute Gasteiger partial charge is 0.496 e. The van der Waals surface area contributed by atoms with E-state index in [0.717, 1.165) is 5.56 Å². The van der Waals surface area contributed by atoms with Crippen molar-refractivity contribution in [1.82, 2.24) is 5.32 Å². The summed E-state index contributed by atoms with van der Waals surface area (Å²) in [6.07, 6.45) is 1.74. The van der Waals surface area contributed by atoms with Gasteiger partial charge in [0.05, 0.1) is 12.1 Å². The summed E-state index contributed by atoms with van der Waals surface area (Å²) in [6.45, 7) is 4.24. The second kappa shape index (κ2) is 7.11. The minimum absolute atomic E-state index is 0.257. The molecule has 0 atom stereocenters. The van der Waals surface area contributed by atoms with Crippen molar-refractivity contribution >= 4 is 29.4 Å². The van der Waals surface area contributed by atoms with Gasteiger partial charge in [-0.3, -0.25) is 4.79 Å². The van der Waals surface area contributed by atoms with Gasteiger partial charge in [-0.2, -0.15) is 0 Å². The van der Waals surface area contributed by atoms with Gasteiger partial charge in [0.2, 0.25) is 0 Å². The van der Waals surface area contributed by atoms with Gasteiger partial charge >= 0.3 is 0 Å². The molecule has 0 spiro atoms. The normalized spacial score (nSPS) is 15.5. The van der Waals surface area contributed by atoms with E-state index in [-0.39, 0.29) is 5.91 Å². The van der Waals surface area contributed by atoms with Crippen molar-refractivity contribution in [3.63, 3.8) is 0 Å². The van der Waals surface area contributed by atoms with Crippen molar-refractivity contribution < 1.29 is 9.53 Å². The molecule has 0 radical (unpaired) electrons. The Kier molecular flexibility index (Phi) is 4.91. The minimum atomic E-state index is -0.257. The van der Waals surface area contributed by atoms with E-state index in [9.17, 15) is 4.79 Å². The maximum atomic E-state index is 12.3. The van der Waals surface area contributed by atoms with Crippen LogP contribution in [0, 0.1) is 0 Å².